The first-order chi connectivity index (χ1) is 12.3. The molecule has 1 amide bonds. The highest BCUT2D eigenvalue weighted by molar-refractivity contribution is 14.0. The van der Waals surface area contributed by atoms with Crippen LogP contribution in [0.1, 0.15) is 31.9 Å². The number of methoxy groups -OCH3 is 1. The Kier molecular flexibility index (Phi) is 9.31. The maximum Gasteiger partial charge on any atom is 0.243 e. The average molecular weight is 490 g/mol. The molecule has 7 nitrogen and oxygen atoms in total. The molecular weight excluding hydrogens is 459 g/mol. The number of fused-ring (bicyclic) bond motifs is 1. The summed E-state index contributed by atoms with van der Waals surface area (Å²) >= 11 is 0. The third kappa shape index (κ3) is 7.17. The number of carbonyl (C=O) groups excluding carboxylic acids is 1. The number of nitrogens with zero attached hydrogens (tertiary/aromatic N) is 2. The zero-order valence-electron chi connectivity index (χ0n) is 16.7. The van der Waals surface area contributed by atoms with E-state index in [4.69, 9.17) is 9.47 Å². The van der Waals surface area contributed by atoms with Crippen LogP contribution in [-0.2, 0) is 9.53 Å². The van der Waals surface area contributed by atoms with E-state index < -0.39 is 0 Å². The number of halogens is 1. The van der Waals surface area contributed by atoms with Crippen molar-refractivity contribution in [3.63, 3.8) is 0 Å². The Morgan fingerprint density at radius 2 is 2.07 bits per heavy atom. The number of hydrogen-bond donors (Lipinski definition) is 2. The molecule has 0 saturated heterocycles. The van der Waals surface area contributed by atoms with Crippen molar-refractivity contribution in [2.75, 3.05) is 40.9 Å². The smallest absolute Gasteiger partial charge is 0.243 e. The topological polar surface area (TPSA) is 75.2 Å². The summed E-state index contributed by atoms with van der Waals surface area (Å²) in [7, 11) is 5.10. The molecule has 27 heavy (non-hydrogen) atoms. The molecule has 0 spiro atoms. The number of carbonyl (C=O) groups is 1. The number of guanidine groups is 1. The second-order valence-electron chi connectivity index (χ2n) is 7.17. The highest BCUT2D eigenvalue weighted by atomic mass is 127. The normalized spacial score (nSPS) is 17.8. The number of likely N-dealkylation sites (N-methyl/N-ethyl adjacent to an activating group) is 1. The summed E-state index contributed by atoms with van der Waals surface area (Å²) < 4.78 is 11.2. The summed E-state index contributed by atoms with van der Waals surface area (Å²) in [6.45, 7) is 5.39. The fourth-order valence-corrected chi connectivity index (χ4v) is 2.81. The van der Waals surface area contributed by atoms with Gasteiger partial charge in [-0.1, -0.05) is 18.2 Å². The van der Waals surface area contributed by atoms with E-state index >= 15 is 0 Å². The van der Waals surface area contributed by atoms with E-state index in [9.17, 15) is 4.79 Å². The van der Waals surface area contributed by atoms with Gasteiger partial charge in [0.15, 0.2) is 5.96 Å². The number of aliphatic imine (C=N–C) groups is 1. The highest BCUT2D eigenvalue weighted by Crippen LogP contribution is 2.39. The van der Waals surface area contributed by atoms with Gasteiger partial charge in [-0.3, -0.25) is 4.79 Å². The predicted octanol–water partition coefficient (Wildman–Crippen LogP) is 2.18. The lowest BCUT2D eigenvalue weighted by Gasteiger charge is -2.38. The molecule has 1 heterocycles. The lowest BCUT2D eigenvalue weighted by Crippen LogP contribution is -2.46. The van der Waals surface area contributed by atoms with Crippen molar-refractivity contribution in [2.45, 2.75) is 31.9 Å². The zero-order chi connectivity index (χ0) is 19.2. The minimum Gasteiger partial charge on any atom is -0.487 e. The number of hydrogen-bond acceptors (Lipinski definition) is 4. The molecule has 1 atom stereocenters. The Morgan fingerprint density at radius 1 is 1.37 bits per heavy atom. The predicted molar refractivity (Wildman–Crippen MR) is 118 cm³/mol. The highest BCUT2D eigenvalue weighted by Gasteiger charge is 2.34. The van der Waals surface area contributed by atoms with Crippen LogP contribution < -0.4 is 15.4 Å². The zero-order valence-corrected chi connectivity index (χ0v) is 19.1. The molecule has 1 aromatic carbocycles. The average Bonchev–Trinajstić information content (AvgIpc) is 2.58. The van der Waals surface area contributed by atoms with E-state index in [0.29, 0.717) is 19.1 Å². The molecule has 1 aromatic rings. The van der Waals surface area contributed by atoms with Gasteiger partial charge < -0.3 is 25.0 Å². The van der Waals surface area contributed by atoms with Gasteiger partial charge in [0.1, 0.15) is 17.9 Å². The van der Waals surface area contributed by atoms with Crippen LogP contribution in [-0.4, -0.2) is 63.3 Å². The molecule has 0 saturated carbocycles. The maximum atomic E-state index is 11.9. The molecule has 0 fully saturated rings. The Morgan fingerprint density at radius 3 is 2.74 bits per heavy atom. The number of amides is 1. The van der Waals surface area contributed by atoms with Crippen molar-refractivity contribution in [2.24, 2.45) is 4.99 Å². The van der Waals surface area contributed by atoms with Gasteiger partial charge in [-0.05, 0) is 19.9 Å². The summed E-state index contributed by atoms with van der Waals surface area (Å²) in [5, 5.41) is 6.68. The van der Waals surface area contributed by atoms with E-state index in [2.05, 4.69) is 35.5 Å². The minimum absolute atomic E-state index is 0. The molecule has 152 valence electrons. The van der Waals surface area contributed by atoms with Crippen LogP contribution in [0.5, 0.6) is 5.75 Å². The molecule has 0 aromatic heterocycles. The van der Waals surface area contributed by atoms with Gasteiger partial charge in [-0.2, -0.15) is 0 Å². The Bertz CT molecular complexity index is 650. The summed E-state index contributed by atoms with van der Waals surface area (Å²) in [6, 6.07) is 8.05. The maximum absolute atomic E-state index is 11.9. The Balaban J connectivity index is 0.00000364. The molecule has 1 aliphatic heterocycles. The molecule has 0 aliphatic carbocycles. The number of ether oxygens (including phenoxy) is 2. The van der Waals surface area contributed by atoms with Crippen LogP contribution in [0.25, 0.3) is 0 Å². The molecule has 0 bridgehead atoms. The van der Waals surface area contributed by atoms with Gasteiger partial charge in [-0.25, -0.2) is 4.99 Å². The number of benzene rings is 1. The summed E-state index contributed by atoms with van der Waals surface area (Å²) in [6.07, 6.45) is 0.788. The first kappa shape index (κ1) is 23.5. The quantitative estimate of drug-likeness (QED) is 0.277. The minimum atomic E-state index is -0.289. The lowest BCUT2D eigenvalue weighted by atomic mass is 9.90. The van der Waals surface area contributed by atoms with Crippen molar-refractivity contribution in [1.29, 1.82) is 0 Å². The monoisotopic (exact) mass is 490 g/mol. The van der Waals surface area contributed by atoms with E-state index in [-0.39, 0.29) is 48.1 Å². The van der Waals surface area contributed by atoms with Crippen molar-refractivity contribution in [1.82, 2.24) is 15.5 Å². The second-order valence-corrected chi connectivity index (χ2v) is 7.17. The van der Waals surface area contributed by atoms with Crippen LogP contribution in [0.4, 0.5) is 0 Å². The first-order valence-electron chi connectivity index (χ1n) is 8.84. The molecule has 0 radical (unpaired) electrons. The van der Waals surface area contributed by atoms with E-state index in [1.54, 1.807) is 21.2 Å². The molecular formula is C19H31IN4O3. The number of rotatable bonds is 6. The molecule has 8 heteroatoms. The fraction of sp³-hybridized carbons (Fsp3) is 0.579. The molecule has 1 unspecified atom stereocenters. The van der Waals surface area contributed by atoms with Crippen LogP contribution >= 0.6 is 24.0 Å². The van der Waals surface area contributed by atoms with Gasteiger partial charge in [-0.15, -0.1) is 24.0 Å². The Hall–Kier alpha value is -1.55. The van der Waals surface area contributed by atoms with Crippen LogP contribution in [0.2, 0.25) is 0 Å². The Labute approximate surface area is 178 Å². The molecule has 2 N–H and O–H groups in total. The van der Waals surface area contributed by atoms with Crippen LogP contribution in [0.15, 0.2) is 29.3 Å². The van der Waals surface area contributed by atoms with Gasteiger partial charge in [0, 0.05) is 39.7 Å². The van der Waals surface area contributed by atoms with Crippen LogP contribution in [0, 0.1) is 0 Å². The van der Waals surface area contributed by atoms with Gasteiger partial charge in [0.2, 0.25) is 5.91 Å². The van der Waals surface area contributed by atoms with E-state index in [1.165, 1.54) is 4.90 Å². The van der Waals surface area contributed by atoms with Gasteiger partial charge >= 0.3 is 0 Å². The van der Waals surface area contributed by atoms with Gasteiger partial charge in [0.05, 0.1) is 12.6 Å². The van der Waals surface area contributed by atoms with Crippen molar-refractivity contribution >= 4 is 35.8 Å². The molecule has 2 rings (SSSR count). The van der Waals surface area contributed by atoms with E-state index in [1.807, 2.05) is 18.2 Å². The summed E-state index contributed by atoms with van der Waals surface area (Å²) in [5.41, 5.74) is 0.801. The second kappa shape index (κ2) is 10.7. The van der Waals surface area contributed by atoms with Crippen molar-refractivity contribution in [3.8, 4) is 5.75 Å². The SMILES string of the molecule is COCCNC(=NCC(=O)N(C)C)NC1CC(C)(C)Oc2ccccc21.I. The van der Waals surface area contributed by atoms with Crippen molar-refractivity contribution in [3.05, 3.63) is 29.8 Å². The number of nitrogens with one attached hydrogen (secondary N) is 2. The third-order valence-corrected chi connectivity index (χ3v) is 4.16. The molecule has 1 aliphatic rings. The fourth-order valence-electron chi connectivity index (χ4n) is 2.81. The van der Waals surface area contributed by atoms with Crippen LogP contribution in [0.3, 0.4) is 0 Å². The summed E-state index contributed by atoms with van der Waals surface area (Å²) in [5.74, 6) is 1.42. The van der Waals surface area contributed by atoms with Crippen molar-refractivity contribution < 1.29 is 14.3 Å². The van der Waals surface area contributed by atoms with E-state index in [0.717, 1.165) is 17.7 Å². The first-order valence-corrected chi connectivity index (χ1v) is 8.84. The van der Waals surface area contributed by atoms with Gasteiger partial charge in [0.25, 0.3) is 0 Å². The lowest BCUT2D eigenvalue weighted by molar-refractivity contribution is -0.127. The largest absolute Gasteiger partial charge is 0.487 e. The standard InChI is InChI=1S/C19H30N4O3.HI/c1-19(2)12-15(14-8-6-7-9-16(14)26-19)22-18(20-10-11-25-5)21-13-17(24)23(3)4;/h6-9,15H,10-13H2,1-5H3,(H2,20,21,22);1H. The third-order valence-electron chi connectivity index (χ3n) is 4.16. The number of para-hydroxylation sites is 1. The summed E-state index contributed by atoms with van der Waals surface area (Å²) in [4.78, 5) is 17.9.